The fraction of sp³-hybridized carbons (Fsp3) is 0.619. The van der Waals surface area contributed by atoms with E-state index in [1.165, 1.54) is 23.8 Å². The average molecular weight is 358 g/mol. The van der Waals surface area contributed by atoms with Crippen LogP contribution >= 0.6 is 0 Å². The van der Waals surface area contributed by atoms with E-state index in [0.29, 0.717) is 24.8 Å². The van der Waals surface area contributed by atoms with E-state index < -0.39 is 17.3 Å². The molecule has 3 N–H and O–H groups in total. The molecule has 5 nitrogen and oxygen atoms in total. The normalized spacial score (nSPS) is 35.1. The molecular weight excluding hydrogens is 330 g/mol. The molecule has 0 aromatic heterocycles. The van der Waals surface area contributed by atoms with Crippen molar-refractivity contribution in [3.8, 4) is 0 Å². The van der Waals surface area contributed by atoms with Crippen molar-refractivity contribution < 1.29 is 24.7 Å². The van der Waals surface area contributed by atoms with Gasteiger partial charge in [-0.2, -0.15) is 0 Å². The molecule has 140 valence electrons. The number of aliphatic hydroxyl groups is 2. The number of aliphatic hydroxyl groups excluding tert-OH is 2. The Kier molecular flexibility index (Phi) is 4.40. The largest absolute Gasteiger partial charge is 0.504 e. The summed E-state index contributed by atoms with van der Waals surface area (Å²) in [7, 11) is 2.15. The highest BCUT2D eigenvalue weighted by molar-refractivity contribution is 6.05. The van der Waals surface area contributed by atoms with Crippen molar-refractivity contribution in [2.45, 2.75) is 44.6 Å². The van der Waals surface area contributed by atoms with Crippen molar-refractivity contribution in [3.05, 3.63) is 35.1 Å². The summed E-state index contributed by atoms with van der Waals surface area (Å²) in [6.45, 7) is 1.93. The first-order chi connectivity index (χ1) is 12.4. The van der Waals surface area contributed by atoms with E-state index in [0.717, 1.165) is 31.0 Å². The van der Waals surface area contributed by atoms with Crippen LogP contribution in [-0.4, -0.2) is 48.0 Å². The number of rotatable bonds is 5. The molecule has 0 amide bonds. The molecule has 4 rings (SSSR count). The summed E-state index contributed by atoms with van der Waals surface area (Å²) in [4.78, 5) is 26.0. The molecule has 4 unspecified atom stereocenters. The third-order valence-corrected chi connectivity index (χ3v) is 6.82. The standard InChI is InChI=1S/C21H27NO4/c1-22(12-13-2-3-13)11-10-21-15(7-9-17(24)20(21)26)6-4-14-5-8-16(23)19(25)18(14)21/h4-5,8,13,15,20,25-26H,2-3,6-7,9-12H2,1H3/p+1. The van der Waals surface area contributed by atoms with Gasteiger partial charge in [0.2, 0.25) is 5.78 Å². The molecule has 4 aliphatic carbocycles. The number of nitrogens with one attached hydrogen (secondary N) is 1. The van der Waals surface area contributed by atoms with Crippen LogP contribution in [0.15, 0.2) is 35.1 Å². The fourth-order valence-corrected chi connectivity index (χ4v) is 5.21. The third-order valence-electron chi connectivity index (χ3n) is 6.82. The van der Waals surface area contributed by atoms with E-state index in [1.54, 1.807) is 6.08 Å². The molecule has 2 fully saturated rings. The summed E-state index contributed by atoms with van der Waals surface area (Å²) < 4.78 is 0. The average Bonchev–Trinajstić information content (AvgIpc) is 3.43. The lowest BCUT2D eigenvalue weighted by molar-refractivity contribution is -0.882. The molecular formula is C21H28NO4+. The third kappa shape index (κ3) is 2.78. The minimum absolute atomic E-state index is 0.0872. The van der Waals surface area contributed by atoms with Gasteiger partial charge in [-0.3, -0.25) is 9.59 Å². The highest BCUT2D eigenvalue weighted by Gasteiger charge is 2.56. The van der Waals surface area contributed by atoms with Gasteiger partial charge in [-0.25, -0.2) is 0 Å². The van der Waals surface area contributed by atoms with Gasteiger partial charge in [0.15, 0.2) is 11.5 Å². The maximum atomic E-state index is 12.5. The first-order valence-corrected chi connectivity index (χ1v) is 9.82. The Labute approximate surface area is 154 Å². The minimum atomic E-state index is -1.14. The quantitative estimate of drug-likeness (QED) is 0.683. The minimum Gasteiger partial charge on any atom is -0.504 e. The van der Waals surface area contributed by atoms with Crippen LogP contribution in [0.3, 0.4) is 0 Å². The molecule has 0 heterocycles. The molecule has 0 bridgehead atoms. The molecule has 0 spiro atoms. The topological polar surface area (TPSA) is 79.0 Å². The monoisotopic (exact) mass is 358 g/mol. The van der Waals surface area contributed by atoms with Crippen LogP contribution in [0.5, 0.6) is 0 Å². The summed E-state index contributed by atoms with van der Waals surface area (Å²) in [6, 6.07) is 0. The number of fused-ring (bicyclic) bond motifs is 3. The Morgan fingerprint density at radius 2 is 2.00 bits per heavy atom. The van der Waals surface area contributed by atoms with Gasteiger partial charge in [0.05, 0.1) is 20.1 Å². The molecule has 2 saturated carbocycles. The SMILES string of the molecule is C[NH+](CCC12C3=C(O)C(=O)C=CC3=CCC1CCC(=O)C2O)CC1CC1. The van der Waals surface area contributed by atoms with Gasteiger partial charge in [-0.15, -0.1) is 0 Å². The highest BCUT2D eigenvalue weighted by atomic mass is 16.3. The lowest BCUT2D eigenvalue weighted by Gasteiger charge is -2.51. The predicted octanol–water partition coefficient (Wildman–Crippen LogP) is 0.909. The van der Waals surface area contributed by atoms with Crippen LogP contribution in [0.1, 0.15) is 38.5 Å². The Bertz CT molecular complexity index is 730. The molecule has 0 aliphatic heterocycles. The smallest absolute Gasteiger partial charge is 0.220 e. The number of hydrogen-bond acceptors (Lipinski definition) is 4. The fourth-order valence-electron chi connectivity index (χ4n) is 5.21. The van der Waals surface area contributed by atoms with Crippen LogP contribution in [-0.2, 0) is 9.59 Å². The van der Waals surface area contributed by atoms with Crippen LogP contribution in [0, 0.1) is 17.3 Å². The number of ketones is 2. The second-order valence-corrected chi connectivity index (χ2v) is 8.57. The van der Waals surface area contributed by atoms with Gasteiger partial charge >= 0.3 is 0 Å². The zero-order chi connectivity index (χ0) is 18.5. The second kappa shape index (κ2) is 6.46. The van der Waals surface area contributed by atoms with Gasteiger partial charge in [-0.1, -0.05) is 12.2 Å². The molecule has 5 heteroatoms. The number of Topliss-reactive ketones (excluding diaryl/α,β-unsaturated/α-hetero) is 1. The predicted molar refractivity (Wildman–Crippen MR) is 96.6 cm³/mol. The number of carbonyl (C=O) groups is 2. The number of quaternary nitrogens is 1. The van der Waals surface area contributed by atoms with Crippen molar-refractivity contribution in [2.75, 3.05) is 20.1 Å². The van der Waals surface area contributed by atoms with Gasteiger partial charge in [0.1, 0.15) is 6.10 Å². The Morgan fingerprint density at radius 1 is 1.23 bits per heavy atom. The van der Waals surface area contributed by atoms with E-state index in [2.05, 4.69) is 7.05 Å². The van der Waals surface area contributed by atoms with E-state index in [-0.39, 0.29) is 17.5 Å². The van der Waals surface area contributed by atoms with E-state index in [9.17, 15) is 19.8 Å². The van der Waals surface area contributed by atoms with Crippen LogP contribution in [0.25, 0.3) is 0 Å². The van der Waals surface area contributed by atoms with Crippen molar-refractivity contribution in [1.29, 1.82) is 0 Å². The first-order valence-electron chi connectivity index (χ1n) is 9.82. The Hall–Kier alpha value is -1.72. The van der Waals surface area contributed by atoms with Crippen molar-refractivity contribution in [2.24, 2.45) is 17.3 Å². The molecule has 0 aromatic carbocycles. The number of hydrogen-bond donors (Lipinski definition) is 3. The van der Waals surface area contributed by atoms with Gasteiger partial charge in [0.25, 0.3) is 0 Å². The van der Waals surface area contributed by atoms with Crippen molar-refractivity contribution in [3.63, 3.8) is 0 Å². The molecule has 26 heavy (non-hydrogen) atoms. The lowest BCUT2D eigenvalue weighted by atomic mass is 9.53. The van der Waals surface area contributed by atoms with Gasteiger partial charge in [0, 0.05) is 29.7 Å². The van der Waals surface area contributed by atoms with Gasteiger partial charge < -0.3 is 15.1 Å². The maximum Gasteiger partial charge on any atom is 0.220 e. The highest BCUT2D eigenvalue weighted by Crippen LogP contribution is 2.56. The maximum absolute atomic E-state index is 12.5. The summed E-state index contributed by atoms with van der Waals surface area (Å²) in [5.74, 6) is 0.0155. The molecule has 0 radical (unpaired) electrons. The molecule has 4 aliphatic rings. The van der Waals surface area contributed by atoms with Crippen molar-refractivity contribution in [1.82, 2.24) is 0 Å². The van der Waals surface area contributed by atoms with Crippen LogP contribution in [0.4, 0.5) is 0 Å². The van der Waals surface area contributed by atoms with E-state index >= 15 is 0 Å². The summed E-state index contributed by atoms with van der Waals surface area (Å²) in [5, 5.41) is 21.6. The zero-order valence-corrected chi connectivity index (χ0v) is 15.3. The number of carbonyl (C=O) groups excluding carboxylic acids is 2. The summed E-state index contributed by atoms with van der Waals surface area (Å²) in [6.07, 6.45) is 9.06. The molecule has 0 saturated heterocycles. The lowest BCUT2D eigenvalue weighted by Crippen LogP contribution is -3.09. The van der Waals surface area contributed by atoms with Crippen molar-refractivity contribution >= 4 is 11.6 Å². The Morgan fingerprint density at radius 3 is 2.73 bits per heavy atom. The van der Waals surface area contributed by atoms with E-state index in [1.807, 2.05) is 6.08 Å². The molecule has 4 atom stereocenters. The molecule has 0 aromatic rings. The van der Waals surface area contributed by atoms with E-state index in [4.69, 9.17) is 0 Å². The zero-order valence-electron chi connectivity index (χ0n) is 15.3. The van der Waals surface area contributed by atoms with Crippen LogP contribution in [0.2, 0.25) is 0 Å². The van der Waals surface area contributed by atoms with Gasteiger partial charge in [-0.05, 0) is 43.3 Å². The summed E-state index contributed by atoms with van der Waals surface area (Å²) in [5.41, 5.74) is 0.474. The van der Waals surface area contributed by atoms with Crippen LogP contribution < -0.4 is 4.90 Å². The number of allylic oxidation sites excluding steroid dienone is 4. The first kappa shape index (κ1) is 17.7. The summed E-state index contributed by atoms with van der Waals surface area (Å²) >= 11 is 0. The Balaban J connectivity index is 1.72. The second-order valence-electron chi connectivity index (χ2n) is 8.57.